The summed E-state index contributed by atoms with van der Waals surface area (Å²) in [5.74, 6) is -0.958. The minimum atomic E-state index is -1.16. The molecule has 2 unspecified atom stereocenters. The van der Waals surface area contributed by atoms with Crippen molar-refractivity contribution in [3.63, 3.8) is 0 Å². The Morgan fingerprint density at radius 1 is 1.50 bits per heavy atom. The lowest BCUT2D eigenvalue weighted by atomic mass is 9.89. The number of hydrogen-bond donors (Lipinski definition) is 2. The largest absolute Gasteiger partial charge is 0.480 e. The lowest BCUT2D eigenvalue weighted by Gasteiger charge is -2.26. The zero-order valence-electron chi connectivity index (χ0n) is 12.0. The van der Waals surface area contributed by atoms with Crippen LogP contribution in [0.4, 0.5) is 0 Å². The number of nitrogens with two attached hydrogens (primary N) is 1. The molecule has 0 saturated heterocycles. The molecule has 1 aliphatic carbocycles. The molecule has 4 heteroatoms. The topological polar surface area (TPSA) is 72.5 Å². The van der Waals surface area contributed by atoms with Gasteiger partial charge in [-0.05, 0) is 50.2 Å². The Kier molecular flexibility index (Phi) is 4.78. The standard InChI is InChI=1S/C16H23NO3/c1-16(17,15(18)19)10-5-11-20-14-9-4-7-12-6-2-3-8-13(12)14/h2-3,6,8,14H,4-5,7,9-11,17H2,1H3,(H,18,19). The number of rotatable bonds is 6. The predicted molar refractivity (Wildman–Crippen MR) is 77.5 cm³/mol. The van der Waals surface area contributed by atoms with Gasteiger partial charge in [-0.25, -0.2) is 0 Å². The molecule has 0 spiro atoms. The molecule has 1 aromatic carbocycles. The summed E-state index contributed by atoms with van der Waals surface area (Å²) >= 11 is 0. The van der Waals surface area contributed by atoms with E-state index in [1.54, 1.807) is 6.92 Å². The van der Waals surface area contributed by atoms with Gasteiger partial charge < -0.3 is 15.6 Å². The molecular weight excluding hydrogens is 254 g/mol. The van der Waals surface area contributed by atoms with Gasteiger partial charge in [-0.1, -0.05) is 24.3 Å². The van der Waals surface area contributed by atoms with Gasteiger partial charge in [0, 0.05) is 6.61 Å². The van der Waals surface area contributed by atoms with E-state index in [0.29, 0.717) is 19.4 Å². The molecule has 0 amide bonds. The second-order valence-corrected chi connectivity index (χ2v) is 5.78. The summed E-state index contributed by atoms with van der Waals surface area (Å²) in [5, 5.41) is 8.95. The molecule has 110 valence electrons. The lowest BCUT2D eigenvalue weighted by molar-refractivity contribution is -0.143. The number of aryl methyl sites for hydroxylation is 1. The van der Waals surface area contributed by atoms with E-state index in [4.69, 9.17) is 15.6 Å². The summed E-state index contributed by atoms with van der Waals surface area (Å²) in [5.41, 5.74) is 7.20. The SMILES string of the molecule is CC(N)(CCCOC1CCCc2ccccc21)C(=O)O. The predicted octanol–water partition coefficient (Wildman–Crippen LogP) is 2.66. The zero-order chi connectivity index (χ0) is 14.6. The van der Waals surface area contributed by atoms with Crippen molar-refractivity contribution in [2.24, 2.45) is 5.73 Å². The van der Waals surface area contributed by atoms with Gasteiger partial charge in [0.2, 0.25) is 0 Å². The first kappa shape index (κ1) is 15.0. The minimum Gasteiger partial charge on any atom is -0.480 e. The zero-order valence-corrected chi connectivity index (χ0v) is 12.0. The summed E-state index contributed by atoms with van der Waals surface area (Å²) in [6.45, 7) is 2.10. The van der Waals surface area contributed by atoms with Crippen molar-refractivity contribution in [1.82, 2.24) is 0 Å². The van der Waals surface area contributed by atoms with Crippen molar-refractivity contribution >= 4 is 5.97 Å². The average Bonchev–Trinajstić information content (AvgIpc) is 2.43. The number of carbonyl (C=O) groups is 1. The third-order valence-electron chi connectivity index (χ3n) is 3.96. The highest BCUT2D eigenvalue weighted by atomic mass is 16.5. The van der Waals surface area contributed by atoms with Gasteiger partial charge in [-0.2, -0.15) is 0 Å². The molecule has 20 heavy (non-hydrogen) atoms. The Morgan fingerprint density at radius 2 is 2.25 bits per heavy atom. The molecule has 0 bridgehead atoms. The van der Waals surface area contributed by atoms with Crippen molar-refractivity contribution < 1.29 is 14.6 Å². The van der Waals surface area contributed by atoms with Crippen LogP contribution in [-0.4, -0.2) is 23.2 Å². The second kappa shape index (κ2) is 6.37. The molecule has 4 nitrogen and oxygen atoms in total. The van der Waals surface area contributed by atoms with Gasteiger partial charge in [0.25, 0.3) is 0 Å². The number of carboxylic acids is 1. The smallest absolute Gasteiger partial charge is 0.323 e. The number of benzene rings is 1. The van der Waals surface area contributed by atoms with Crippen molar-refractivity contribution in [2.75, 3.05) is 6.61 Å². The molecule has 2 rings (SSSR count). The molecule has 1 aliphatic rings. The molecule has 0 aromatic heterocycles. The maximum Gasteiger partial charge on any atom is 0.323 e. The molecule has 0 heterocycles. The number of aliphatic carboxylic acids is 1. The fraction of sp³-hybridized carbons (Fsp3) is 0.562. The van der Waals surface area contributed by atoms with E-state index in [2.05, 4.69) is 18.2 Å². The number of carboxylic acid groups (broad SMARTS) is 1. The monoisotopic (exact) mass is 277 g/mol. The van der Waals surface area contributed by atoms with Gasteiger partial charge in [0.1, 0.15) is 5.54 Å². The Balaban J connectivity index is 1.83. The van der Waals surface area contributed by atoms with Crippen LogP contribution < -0.4 is 5.73 Å². The second-order valence-electron chi connectivity index (χ2n) is 5.78. The average molecular weight is 277 g/mol. The normalized spacial score (nSPS) is 21.0. The van der Waals surface area contributed by atoms with E-state index in [0.717, 1.165) is 19.3 Å². The van der Waals surface area contributed by atoms with Gasteiger partial charge in [-0.15, -0.1) is 0 Å². The van der Waals surface area contributed by atoms with Gasteiger partial charge in [0.05, 0.1) is 6.10 Å². The van der Waals surface area contributed by atoms with Gasteiger partial charge >= 0.3 is 5.97 Å². The summed E-state index contributed by atoms with van der Waals surface area (Å²) in [6, 6.07) is 8.39. The fourth-order valence-corrected chi connectivity index (χ4v) is 2.65. The van der Waals surface area contributed by atoms with Gasteiger partial charge in [0.15, 0.2) is 0 Å². The van der Waals surface area contributed by atoms with Crippen LogP contribution >= 0.6 is 0 Å². The van der Waals surface area contributed by atoms with Crippen LogP contribution in [0.3, 0.4) is 0 Å². The van der Waals surface area contributed by atoms with Crippen LogP contribution in [0, 0.1) is 0 Å². The molecule has 2 atom stereocenters. The minimum absolute atomic E-state index is 0.147. The van der Waals surface area contributed by atoms with Gasteiger partial charge in [-0.3, -0.25) is 4.79 Å². The molecule has 1 aromatic rings. The Hall–Kier alpha value is -1.39. The number of fused-ring (bicyclic) bond motifs is 1. The highest BCUT2D eigenvalue weighted by Crippen LogP contribution is 2.32. The third kappa shape index (κ3) is 3.58. The van der Waals surface area contributed by atoms with E-state index in [9.17, 15) is 4.79 Å². The maximum absolute atomic E-state index is 10.9. The molecule has 0 radical (unpaired) electrons. The summed E-state index contributed by atoms with van der Waals surface area (Å²) in [7, 11) is 0. The van der Waals surface area contributed by atoms with Crippen molar-refractivity contribution in [3.8, 4) is 0 Å². The third-order valence-corrected chi connectivity index (χ3v) is 3.96. The highest BCUT2D eigenvalue weighted by molar-refractivity contribution is 5.77. The first-order valence-electron chi connectivity index (χ1n) is 7.22. The quantitative estimate of drug-likeness (QED) is 0.784. The van der Waals surface area contributed by atoms with Crippen molar-refractivity contribution in [2.45, 2.75) is 50.7 Å². The van der Waals surface area contributed by atoms with Crippen molar-refractivity contribution in [1.29, 1.82) is 0 Å². The highest BCUT2D eigenvalue weighted by Gasteiger charge is 2.27. The molecule has 0 aliphatic heterocycles. The Labute approximate surface area is 119 Å². The summed E-state index contributed by atoms with van der Waals surface area (Å²) in [4.78, 5) is 10.9. The Bertz CT molecular complexity index is 471. The van der Waals surface area contributed by atoms with E-state index in [1.807, 2.05) is 6.07 Å². The van der Waals surface area contributed by atoms with Crippen LogP contribution in [0.1, 0.15) is 49.8 Å². The fourth-order valence-electron chi connectivity index (χ4n) is 2.65. The van der Waals surface area contributed by atoms with E-state index in [-0.39, 0.29) is 6.10 Å². The van der Waals surface area contributed by atoms with Crippen LogP contribution in [0.2, 0.25) is 0 Å². The van der Waals surface area contributed by atoms with Crippen LogP contribution in [0.5, 0.6) is 0 Å². The van der Waals surface area contributed by atoms with E-state index < -0.39 is 11.5 Å². The summed E-state index contributed by atoms with van der Waals surface area (Å²) in [6.07, 6.45) is 4.54. The first-order valence-corrected chi connectivity index (χ1v) is 7.22. The van der Waals surface area contributed by atoms with E-state index in [1.165, 1.54) is 11.1 Å². The Morgan fingerprint density at radius 3 is 3.00 bits per heavy atom. The molecular formula is C16H23NO3. The van der Waals surface area contributed by atoms with Crippen LogP contribution in [0.25, 0.3) is 0 Å². The number of ether oxygens (including phenoxy) is 1. The molecule has 0 fully saturated rings. The van der Waals surface area contributed by atoms with Crippen LogP contribution in [0.15, 0.2) is 24.3 Å². The number of hydrogen-bond acceptors (Lipinski definition) is 3. The van der Waals surface area contributed by atoms with Crippen LogP contribution in [-0.2, 0) is 16.0 Å². The van der Waals surface area contributed by atoms with Crippen molar-refractivity contribution in [3.05, 3.63) is 35.4 Å². The maximum atomic E-state index is 10.9. The van der Waals surface area contributed by atoms with E-state index >= 15 is 0 Å². The molecule has 0 saturated carbocycles. The first-order chi connectivity index (χ1) is 9.50. The summed E-state index contributed by atoms with van der Waals surface area (Å²) < 4.78 is 5.94. The molecule has 3 N–H and O–H groups in total. The lowest BCUT2D eigenvalue weighted by Crippen LogP contribution is -2.44.